The second kappa shape index (κ2) is 6.69. The van der Waals surface area contributed by atoms with E-state index in [9.17, 15) is 4.79 Å². The summed E-state index contributed by atoms with van der Waals surface area (Å²) in [5.74, 6) is -0.426. The largest absolute Gasteiger partial charge is 0.286 e. The number of ketones is 1. The SMILES string of the molecule is Cc1c(Cl)cccc1NN=C(C#N)C(=O)c1ccccc1. The fourth-order valence-electron chi connectivity index (χ4n) is 1.70. The third kappa shape index (κ3) is 3.47. The van der Waals surface area contributed by atoms with Gasteiger partial charge in [-0.3, -0.25) is 10.2 Å². The van der Waals surface area contributed by atoms with Gasteiger partial charge in [0.25, 0.3) is 0 Å². The average molecular weight is 298 g/mol. The first kappa shape index (κ1) is 14.8. The van der Waals surface area contributed by atoms with Crippen LogP contribution in [0, 0.1) is 18.3 Å². The van der Waals surface area contributed by atoms with E-state index in [4.69, 9.17) is 16.9 Å². The van der Waals surface area contributed by atoms with Crippen LogP contribution in [-0.4, -0.2) is 11.5 Å². The molecule has 2 aromatic carbocycles. The lowest BCUT2D eigenvalue weighted by Crippen LogP contribution is -2.14. The van der Waals surface area contributed by atoms with Crippen LogP contribution in [0.5, 0.6) is 0 Å². The zero-order valence-corrected chi connectivity index (χ0v) is 12.1. The van der Waals surface area contributed by atoms with Crippen molar-refractivity contribution in [1.29, 1.82) is 5.26 Å². The maximum Gasteiger partial charge on any atom is 0.223 e. The van der Waals surface area contributed by atoms with E-state index in [1.807, 2.05) is 13.0 Å². The van der Waals surface area contributed by atoms with E-state index in [1.54, 1.807) is 48.5 Å². The Bertz CT molecular complexity index is 733. The van der Waals surface area contributed by atoms with E-state index in [1.165, 1.54) is 0 Å². The zero-order chi connectivity index (χ0) is 15.2. The van der Waals surface area contributed by atoms with E-state index in [0.717, 1.165) is 5.56 Å². The molecule has 21 heavy (non-hydrogen) atoms. The summed E-state index contributed by atoms with van der Waals surface area (Å²) in [5, 5.41) is 13.6. The molecule has 2 aromatic rings. The first-order chi connectivity index (χ1) is 10.1. The van der Waals surface area contributed by atoms with Crippen LogP contribution in [0.3, 0.4) is 0 Å². The van der Waals surface area contributed by atoms with Gasteiger partial charge in [0.2, 0.25) is 11.5 Å². The molecule has 0 saturated heterocycles. The molecule has 0 radical (unpaired) electrons. The number of hydrazone groups is 1. The predicted molar refractivity (Wildman–Crippen MR) is 83.6 cm³/mol. The summed E-state index contributed by atoms with van der Waals surface area (Å²) in [5.41, 5.74) is 4.37. The Morgan fingerprint density at radius 2 is 1.90 bits per heavy atom. The van der Waals surface area contributed by atoms with Crippen LogP contribution in [0.1, 0.15) is 15.9 Å². The molecule has 5 heteroatoms. The maximum atomic E-state index is 12.1. The number of nitriles is 1. The molecule has 0 atom stereocenters. The quantitative estimate of drug-likeness (QED) is 0.530. The third-order valence-electron chi connectivity index (χ3n) is 2.91. The van der Waals surface area contributed by atoms with Crippen LogP contribution >= 0.6 is 11.6 Å². The molecule has 0 spiro atoms. The Kier molecular flexibility index (Phi) is 4.70. The van der Waals surface area contributed by atoms with Gasteiger partial charge in [-0.15, -0.1) is 0 Å². The highest BCUT2D eigenvalue weighted by molar-refractivity contribution is 6.51. The lowest BCUT2D eigenvalue weighted by Gasteiger charge is -2.06. The highest BCUT2D eigenvalue weighted by atomic mass is 35.5. The minimum Gasteiger partial charge on any atom is -0.286 e. The second-order valence-corrected chi connectivity index (χ2v) is 4.70. The molecule has 0 saturated carbocycles. The van der Waals surface area contributed by atoms with Gasteiger partial charge in [0.1, 0.15) is 6.07 Å². The molecule has 0 aromatic heterocycles. The average Bonchev–Trinajstić information content (AvgIpc) is 2.52. The summed E-state index contributed by atoms with van der Waals surface area (Å²) in [6, 6.07) is 15.6. The van der Waals surface area contributed by atoms with Gasteiger partial charge in [-0.05, 0) is 24.6 Å². The first-order valence-electron chi connectivity index (χ1n) is 6.22. The van der Waals surface area contributed by atoms with Crippen molar-refractivity contribution in [2.75, 3.05) is 5.43 Å². The highest BCUT2D eigenvalue weighted by Crippen LogP contribution is 2.22. The normalized spacial score (nSPS) is 10.8. The van der Waals surface area contributed by atoms with Crippen LogP contribution in [0.4, 0.5) is 5.69 Å². The summed E-state index contributed by atoms with van der Waals surface area (Å²) in [4.78, 5) is 12.1. The molecule has 0 heterocycles. The minimum atomic E-state index is -0.426. The molecule has 0 amide bonds. The van der Waals surface area contributed by atoms with Crippen molar-refractivity contribution >= 4 is 28.8 Å². The van der Waals surface area contributed by atoms with Crippen LogP contribution in [0.2, 0.25) is 5.02 Å². The van der Waals surface area contributed by atoms with Crippen molar-refractivity contribution in [2.24, 2.45) is 5.10 Å². The predicted octanol–water partition coefficient (Wildman–Crippen LogP) is 3.82. The van der Waals surface area contributed by atoms with Crippen molar-refractivity contribution in [3.63, 3.8) is 0 Å². The number of anilines is 1. The Balaban J connectivity index is 2.24. The molecular formula is C16H12ClN3O. The van der Waals surface area contributed by atoms with Gasteiger partial charge in [-0.1, -0.05) is 48.0 Å². The van der Waals surface area contributed by atoms with Gasteiger partial charge < -0.3 is 0 Å². The number of nitrogens with zero attached hydrogens (tertiary/aromatic N) is 2. The summed E-state index contributed by atoms with van der Waals surface area (Å²) >= 11 is 6.00. The van der Waals surface area contributed by atoms with Gasteiger partial charge >= 0.3 is 0 Å². The van der Waals surface area contributed by atoms with Crippen molar-refractivity contribution in [1.82, 2.24) is 0 Å². The van der Waals surface area contributed by atoms with E-state index >= 15 is 0 Å². The first-order valence-corrected chi connectivity index (χ1v) is 6.60. The number of hydrogen-bond donors (Lipinski definition) is 1. The summed E-state index contributed by atoms with van der Waals surface area (Å²) in [7, 11) is 0. The second-order valence-electron chi connectivity index (χ2n) is 4.29. The van der Waals surface area contributed by atoms with Gasteiger partial charge in [0.05, 0.1) is 5.69 Å². The number of benzene rings is 2. The number of hydrogen-bond acceptors (Lipinski definition) is 4. The van der Waals surface area contributed by atoms with E-state index in [0.29, 0.717) is 16.3 Å². The van der Waals surface area contributed by atoms with Crippen molar-refractivity contribution < 1.29 is 4.79 Å². The Morgan fingerprint density at radius 1 is 1.19 bits per heavy atom. The lowest BCUT2D eigenvalue weighted by atomic mass is 10.1. The fourth-order valence-corrected chi connectivity index (χ4v) is 1.87. The van der Waals surface area contributed by atoms with Gasteiger partial charge in [-0.25, -0.2) is 0 Å². The Labute approximate surface area is 127 Å². The summed E-state index contributed by atoms with van der Waals surface area (Å²) in [6.07, 6.45) is 0. The highest BCUT2D eigenvalue weighted by Gasteiger charge is 2.13. The van der Waals surface area contributed by atoms with Crippen molar-refractivity contribution in [2.45, 2.75) is 6.92 Å². The fraction of sp³-hybridized carbons (Fsp3) is 0.0625. The smallest absolute Gasteiger partial charge is 0.223 e. The monoisotopic (exact) mass is 297 g/mol. The zero-order valence-electron chi connectivity index (χ0n) is 11.3. The van der Waals surface area contributed by atoms with E-state index in [-0.39, 0.29) is 5.71 Å². The lowest BCUT2D eigenvalue weighted by molar-refractivity contribution is 0.106. The molecule has 0 aliphatic heterocycles. The summed E-state index contributed by atoms with van der Waals surface area (Å²) < 4.78 is 0. The number of carbonyl (C=O) groups is 1. The standard InChI is InChI=1S/C16H12ClN3O/c1-11-13(17)8-5-9-14(11)19-20-15(10-18)16(21)12-6-3-2-4-7-12/h2-9,19H,1H3. The van der Waals surface area contributed by atoms with Crippen molar-refractivity contribution in [3.05, 3.63) is 64.7 Å². The molecule has 1 N–H and O–H groups in total. The third-order valence-corrected chi connectivity index (χ3v) is 3.32. The molecule has 0 bridgehead atoms. The molecule has 4 nitrogen and oxygen atoms in total. The molecule has 104 valence electrons. The van der Waals surface area contributed by atoms with Crippen LogP contribution in [-0.2, 0) is 0 Å². The maximum absolute atomic E-state index is 12.1. The van der Waals surface area contributed by atoms with Crippen LogP contribution < -0.4 is 5.43 Å². The Morgan fingerprint density at radius 3 is 2.57 bits per heavy atom. The van der Waals surface area contributed by atoms with Gasteiger partial charge in [0.15, 0.2) is 0 Å². The molecule has 0 unspecified atom stereocenters. The Hall–Kier alpha value is -2.64. The molecule has 0 aliphatic carbocycles. The number of halogens is 1. The van der Waals surface area contributed by atoms with E-state index in [2.05, 4.69) is 10.5 Å². The van der Waals surface area contributed by atoms with E-state index < -0.39 is 5.78 Å². The topological polar surface area (TPSA) is 65.2 Å². The van der Waals surface area contributed by atoms with Crippen LogP contribution in [0.15, 0.2) is 53.6 Å². The van der Waals surface area contributed by atoms with Crippen LogP contribution in [0.25, 0.3) is 0 Å². The number of Topliss-reactive ketones (excluding diaryl/α,β-unsaturated/α-hetero) is 1. The molecular weight excluding hydrogens is 286 g/mol. The van der Waals surface area contributed by atoms with Gasteiger partial charge in [0, 0.05) is 10.6 Å². The molecule has 0 fully saturated rings. The summed E-state index contributed by atoms with van der Waals surface area (Å²) in [6.45, 7) is 1.82. The number of nitrogens with one attached hydrogen (secondary N) is 1. The van der Waals surface area contributed by atoms with Crippen molar-refractivity contribution in [3.8, 4) is 6.07 Å². The van der Waals surface area contributed by atoms with Gasteiger partial charge in [-0.2, -0.15) is 10.4 Å². The number of rotatable bonds is 4. The molecule has 0 aliphatic rings. The number of carbonyl (C=O) groups excluding carboxylic acids is 1. The minimum absolute atomic E-state index is 0.208. The molecule has 2 rings (SSSR count).